The lowest BCUT2D eigenvalue weighted by Gasteiger charge is -2.29. The van der Waals surface area contributed by atoms with Crippen molar-refractivity contribution in [2.75, 3.05) is 0 Å². The van der Waals surface area contributed by atoms with Crippen LogP contribution in [0.2, 0.25) is 0 Å². The van der Waals surface area contributed by atoms with Crippen molar-refractivity contribution in [1.82, 2.24) is 0 Å². The summed E-state index contributed by atoms with van der Waals surface area (Å²) in [5.41, 5.74) is 0. The molecular formula is C6H12OS2. The summed E-state index contributed by atoms with van der Waals surface area (Å²) >= 11 is 8.62. The molecule has 0 spiro atoms. The average molecular weight is 164 g/mol. The number of hydrogen-bond donors (Lipinski definition) is 3. The zero-order valence-corrected chi connectivity index (χ0v) is 7.04. The fourth-order valence-electron chi connectivity index (χ4n) is 1.06. The highest BCUT2D eigenvalue weighted by molar-refractivity contribution is 8.00. The molecule has 0 heterocycles. The lowest BCUT2D eigenvalue weighted by atomic mass is 9.97. The highest BCUT2D eigenvalue weighted by Crippen LogP contribution is 2.36. The van der Waals surface area contributed by atoms with Gasteiger partial charge in [0, 0.05) is 0 Å². The number of aliphatic hydroxyl groups is 1. The maximum absolute atomic E-state index is 9.07. The Morgan fingerprint density at radius 1 is 1.22 bits per heavy atom. The summed E-state index contributed by atoms with van der Waals surface area (Å²) in [5.74, 6) is 0. The third-order valence-electron chi connectivity index (χ3n) is 1.76. The van der Waals surface area contributed by atoms with Gasteiger partial charge in [-0.25, -0.2) is 0 Å². The molecule has 0 saturated heterocycles. The molecular weight excluding hydrogens is 152 g/mol. The van der Waals surface area contributed by atoms with Gasteiger partial charge in [0.1, 0.15) is 0 Å². The van der Waals surface area contributed by atoms with Crippen LogP contribution in [0, 0.1) is 0 Å². The van der Waals surface area contributed by atoms with E-state index in [0.717, 1.165) is 25.7 Å². The number of hydrogen-bond acceptors (Lipinski definition) is 3. The zero-order chi connectivity index (χ0) is 6.91. The van der Waals surface area contributed by atoms with Crippen molar-refractivity contribution >= 4 is 25.3 Å². The molecule has 1 aliphatic rings. The van der Waals surface area contributed by atoms with E-state index in [4.69, 9.17) is 5.11 Å². The van der Waals surface area contributed by atoms with E-state index in [1.165, 1.54) is 0 Å². The number of thiol groups is 2. The summed E-state index contributed by atoms with van der Waals surface area (Å²) in [6.07, 6.45) is 3.44. The van der Waals surface area contributed by atoms with Crippen molar-refractivity contribution in [2.24, 2.45) is 0 Å². The second kappa shape index (κ2) is 2.72. The standard InChI is InChI=1S/C6H12OS2/c7-5-1-3-6(8,9)4-2-5/h5,7-9H,1-4H2. The first kappa shape index (κ1) is 7.76. The van der Waals surface area contributed by atoms with Gasteiger partial charge in [-0.05, 0) is 25.7 Å². The van der Waals surface area contributed by atoms with E-state index in [9.17, 15) is 0 Å². The van der Waals surface area contributed by atoms with Crippen molar-refractivity contribution < 1.29 is 5.11 Å². The molecule has 1 aliphatic carbocycles. The normalized spacial score (nSPS) is 28.3. The topological polar surface area (TPSA) is 20.2 Å². The summed E-state index contributed by atoms with van der Waals surface area (Å²) < 4.78 is -0.112. The Hall–Kier alpha value is 0.660. The van der Waals surface area contributed by atoms with Crippen LogP contribution in [-0.2, 0) is 0 Å². The van der Waals surface area contributed by atoms with Gasteiger partial charge < -0.3 is 5.11 Å². The van der Waals surface area contributed by atoms with Crippen LogP contribution < -0.4 is 0 Å². The molecule has 0 aliphatic heterocycles. The minimum atomic E-state index is -0.112. The monoisotopic (exact) mass is 164 g/mol. The molecule has 0 bridgehead atoms. The molecule has 0 aromatic heterocycles. The Morgan fingerprint density at radius 3 is 2.00 bits per heavy atom. The summed E-state index contributed by atoms with van der Waals surface area (Å²) in [5, 5.41) is 9.07. The molecule has 0 amide bonds. The smallest absolute Gasteiger partial charge is 0.0553 e. The zero-order valence-electron chi connectivity index (χ0n) is 5.25. The summed E-state index contributed by atoms with van der Waals surface area (Å²) in [6, 6.07) is 0. The van der Waals surface area contributed by atoms with Crippen LogP contribution in [0.5, 0.6) is 0 Å². The molecule has 0 atom stereocenters. The third-order valence-corrected chi connectivity index (χ3v) is 2.65. The Bertz CT molecular complexity index is 93.2. The van der Waals surface area contributed by atoms with Gasteiger partial charge in [0.25, 0.3) is 0 Å². The minimum Gasteiger partial charge on any atom is -0.393 e. The van der Waals surface area contributed by atoms with Crippen LogP contribution in [-0.4, -0.2) is 15.3 Å². The van der Waals surface area contributed by atoms with Crippen LogP contribution in [0.15, 0.2) is 0 Å². The van der Waals surface area contributed by atoms with Crippen LogP contribution in [0.4, 0.5) is 0 Å². The van der Waals surface area contributed by atoms with Gasteiger partial charge in [0.15, 0.2) is 0 Å². The molecule has 1 rings (SSSR count). The van der Waals surface area contributed by atoms with Gasteiger partial charge >= 0.3 is 0 Å². The van der Waals surface area contributed by atoms with Crippen LogP contribution in [0.25, 0.3) is 0 Å². The van der Waals surface area contributed by atoms with Crippen molar-refractivity contribution in [1.29, 1.82) is 0 Å². The van der Waals surface area contributed by atoms with E-state index < -0.39 is 0 Å². The fraction of sp³-hybridized carbons (Fsp3) is 1.00. The molecule has 0 aromatic rings. The lowest BCUT2D eigenvalue weighted by molar-refractivity contribution is 0.129. The predicted octanol–water partition coefficient (Wildman–Crippen LogP) is 1.48. The van der Waals surface area contributed by atoms with Crippen molar-refractivity contribution in [3.8, 4) is 0 Å². The van der Waals surface area contributed by atoms with Crippen molar-refractivity contribution in [3.63, 3.8) is 0 Å². The Balaban J connectivity index is 2.35. The maximum atomic E-state index is 9.07. The van der Waals surface area contributed by atoms with E-state index in [0.29, 0.717) is 0 Å². The van der Waals surface area contributed by atoms with Crippen LogP contribution in [0.1, 0.15) is 25.7 Å². The van der Waals surface area contributed by atoms with Gasteiger partial charge in [0.2, 0.25) is 0 Å². The lowest BCUT2D eigenvalue weighted by Crippen LogP contribution is -2.25. The SMILES string of the molecule is OC1CCC(S)(S)CC1. The first-order chi connectivity index (χ1) is 4.10. The van der Waals surface area contributed by atoms with Gasteiger partial charge in [-0.15, -0.1) is 0 Å². The molecule has 9 heavy (non-hydrogen) atoms. The van der Waals surface area contributed by atoms with E-state index in [-0.39, 0.29) is 10.2 Å². The average Bonchev–Trinajstić information content (AvgIpc) is 1.78. The van der Waals surface area contributed by atoms with Crippen LogP contribution in [0.3, 0.4) is 0 Å². The van der Waals surface area contributed by atoms with E-state index in [1.54, 1.807) is 0 Å². The molecule has 1 saturated carbocycles. The first-order valence-electron chi connectivity index (χ1n) is 3.23. The quantitative estimate of drug-likeness (QED) is 0.366. The second-order valence-electron chi connectivity index (χ2n) is 2.71. The highest BCUT2D eigenvalue weighted by atomic mass is 32.2. The Kier molecular flexibility index (Phi) is 2.35. The molecule has 0 aromatic carbocycles. The van der Waals surface area contributed by atoms with Gasteiger partial charge in [-0.3, -0.25) is 0 Å². The summed E-state index contributed by atoms with van der Waals surface area (Å²) in [7, 11) is 0. The molecule has 3 heteroatoms. The maximum Gasteiger partial charge on any atom is 0.0553 e. The first-order valence-corrected chi connectivity index (χ1v) is 4.12. The third kappa shape index (κ3) is 2.40. The molecule has 54 valence electrons. The Labute approximate surface area is 66.7 Å². The molecule has 1 nitrogen and oxygen atoms in total. The van der Waals surface area contributed by atoms with Gasteiger partial charge in [0.05, 0.1) is 10.2 Å². The highest BCUT2D eigenvalue weighted by Gasteiger charge is 2.27. The van der Waals surface area contributed by atoms with E-state index in [1.807, 2.05) is 0 Å². The minimum absolute atomic E-state index is 0.0996. The number of rotatable bonds is 0. The number of aliphatic hydroxyl groups excluding tert-OH is 1. The van der Waals surface area contributed by atoms with E-state index in [2.05, 4.69) is 25.3 Å². The Morgan fingerprint density at radius 2 is 1.67 bits per heavy atom. The summed E-state index contributed by atoms with van der Waals surface area (Å²) in [4.78, 5) is 0. The predicted molar refractivity (Wildman–Crippen MR) is 45.2 cm³/mol. The fourth-order valence-corrected chi connectivity index (χ4v) is 1.58. The molecule has 0 unspecified atom stereocenters. The molecule has 1 fully saturated rings. The van der Waals surface area contributed by atoms with Crippen molar-refractivity contribution in [3.05, 3.63) is 0 Å². The summed E-state index contributed by atoms with van der Waals surface area (Å²) in [6.45, 7) is 0. The second-order valence-corrected chi connectivity index (χ2v) is 4.78. The van der Waals surface area contributed by atoms with Gasteiger partial charge in [-0.2, -0.15) is 25.3 Å². The van der Waals surface area contributed by atoms with Crippen molar-refractivity contribution in [2.45, 2.75) is 35.9 Å². The van der Waals surface area contributed by atoms with Crippen LogP contribution >= 0.6 is 25.3 Å². The molecule has 0 radical (unpaired) electrons. The largest absolute Gasteiger partial charge is 0.393 e. The molecule has 1 N–H and O–H groups in total. The van der Waals surface area contributed by atoms with Gasteiger partial charge in [-0.1, -0.05) is 0 Å². The van der Waals surface area contributed by atoms with E-state index >= 15 is 0 Å².